The van der Waals surface area contributed by atoms with Gasteiger partial charge in [-0.3, -0.25) is 0 Å². The van der Waals surface area contributed by atoms with Crippen LogP contribution in [0.3, 0.4) is 0 Å². The summed E-state index contributed by atoms with van der Waals surface area (Å²) in [5.74, 6) is 0.577. The van der Waals surface area contributed by atoms with E-state index in [1.807, 2.05) is 13.0 Å². The topological polar surface area (TPSA) is 143 Å². The number of nitrogens with one attached hydrogen (secondary N) is 1. The zero-order valence-electron chi connectivity index (χ0n) is 22.1. The monoisotopic (exact) mass is 555 g/mol. The summed E-state index contributed by atoms with van der Waals surface area (Å²) in [6.45, 7) is 5.35. The van der Waals surface area contributed by atoms with E-state index >= 15 is 0 Å². The molecule has 2 aromatic rings. The van der Waals surface area contributed by atoms with Crippen LogP contribution in [0.2, 0.25) is 0 Å². The van der Waals surface area contributed by atoms with E-state index in [0.717, 1.165) is 23.5 Å². The first-order valence-electron chi connectivity index (χ1n) is 12.8. The van der Waals surface area contributed by atoms with Gasteiger partial charge in [0.2, 0.25) is 0 Å². The van der Waals surface area contributed by atoms with E-state index in [0.29, 0.717) is 30.9 Å². The van der Waals surface area contributed by atoms with Gasteiger partial charge < -0.3 is 19.7 Å². The van der Waals surface area contributed by atoms with Gasteiger partial charge in [0, 0.05) is 32.7 Å². The second-order valence-electron chi connectivity index (χ2n) is 10.3. The number of fused-ring (bicyclic) bond motifs is 2. The van der Waals surface area contributed by atoms with E-state index in [9.17, 15) is 23.1 Å². The minimum absolute atomic E-state index is 0.0350. The normalized spacial score (nSPS) is 21.4. The highest BCUT2D eigenvalue weighted by molar-refractivity contribution is 7.90. The number of carbonyl (C=O) groups excluding carboxylic acids is 1. The van der Waals surface area contributed by atoms with E-state index in [-0.39, 0.29) is 22.8 Å². The van der Waals surface area contributed by atoms with Crippen LogP contribution in [-0.4, -0.2) is 79.3 Å². The summed E-state index contributed by atoms with van der Waals surface area (Å²) in [5, 5.41) is 19.6. The predicted molar refractivity (Wildman–Crippen MR) is 142 cm³/mol. The van der Waals surface area contributed by atoms with Gasteiger partial charge in [0.15, 0.2) is 5.75 Å². The third-order valence-electron chi connectivity index (χ3n) is 7.48. The number of benzene rings is 2. The second kappa shape index (κ2) is 11.5. The second-order valence-corrected chi connectivity index (χ2v) is 12.0. The molecule has 3 amide bonds. The average Bonchev–Trinajstić information content (AvgIpc) is 3.16. The number of carboxylic acid groups (broad SMARTS) is 1. The summed E-state index contributed by atoms with van der Waals surface area (Å²) < 4.78 is 27.7. The van der Waals surface area contributed by atoms with Crippen LogP contribution in [0.25, 0.3) is 0 Å². The van der Waals surface area contributed by atoms with E-state index < -0.39 is 28.2 Å². The first kappa shape index (κ1) is 28.2. The molecule has 3 unspecified atom stereocenters. The van der Waals surface area contributed by atoms with Gasteiger partial charge in [-0.1, -0.05) is 17.7 Å². The highest BCUT2D eigenvalue weighted by Crippen LogP contribution is 2.40. The van der Waals surface area contributed by atoms with Crippen LogP contribution in [0.1, 0.15) is 30.9 Å². The fraction of sp³-hybridized carbons (Fsp3) is 0.444. The van der Waals surface area contributed by atoms with Crippen LogP contribution >= 0.6 is 0 Å². The van der Waals surface area contributed by atoms with Crippen molar-refractivity contribution >= 4 is 22.1 Å². The zero-order chi connectivity index (χ0) is 28.3. The summed E-state index contributed by atoms with van der Waals surface area (Å²) in [6.07, 6.45) is 0.566. The van der Waals surface area contributed by atoms with Crippen molar-refractivity contribution < 1.29 is 28.0 Å². The summed E-state index contributed by atoms with van der Waals surface area (Å²) in [6, 6.07) is 13.3. The first-order valence-corrected chi connectivity index (χ1v) is 14.3. The number of aryl methyl sites for hydroxylation is 1. The molecule has 208 valence electrons. The van der Waals surface area contributed by atoms with E-state index in [1.165, 1.54) is 17.0 Å². The summed E-state index contributed by atoms with van der Waals surface area (Å²) in [7, 11) is -2.36. The van der Waals surface area contributed by atoms with Gasteiger partial charge in [0.05, 0.1) is 22.6 Å². The fourth-order valence-corrected chi connectivity index (χ4v) is 6.63. The first-order chi connectivity index (χ1) is 18.5. The summed E-state index contributed by atoms with van der Waals surface area (Å²) >= 11 is 0. The van der Waals surface area contributed by atoms with Crippen LogP contribution in [0.15, 0.2) is 53.4 Å². The van der Waals surface area contributed by atoms with E-state index in [1.54, 1.807) is 50.4 Å². The molecular weight excluding hydrogens is 522 g/mol. The van der Waals surface area contributed by atoms with Gasteiger partial charge in [0.1, 0.15) is 0 Å². The lowest BCUT2D eigenvalue weighted by atomic mass is 9.91. The van der Waals surface area contributed by atoms with Gasteiger partial charge in [-0.25, -0.2) is 22.7 Å². The lowest BCUT2D eigenvalue weighted by Gasteiger charge is -2.43. The maximum absolute atomic E-state index is 13.0. The standard InChI is InChI=1S/C27H33N5O6S/c1-18-4-12-24(13-5-18)39(36,37)29-26(33)30(3)25-21-8-9-22(25)17-31(16-21)15-19(2)32(27(34)35)38-23-10-6-20(14-28)7-11-23/h4-7,10-13,19,21-22,25H,8-9,15-17H2,1-3H3,(H,29,33)(H,34,35). The number of likely N-dealkylation sites (tertiary alicyclic amines) is 1. The van der Waals surface area contributed by atoms with Gasteiger partial charge in [-0.15, -0.1) is 5.06 Å². The number of urea groups is 1. The minimum atomic E-state index is -3.99. The maximum Gasteiger partial charge on any atom is 0.441 e. The van der Waals surface area contributed by atoms with Crippen LogP contribution < -0.4 is 9.56 Å². The molecule has 2 bridgehead atoms. The number of carbonyl (C=O) groups is 2. The number of sulfonamides is 1. The smallest absolute Gasteiger partial charge is 0.441 e. The summed E-state index contributed by atoms with van der Waals surface area (Å²) in [4.78, 5) is 34.2. The van der Waals surface area contributed by atoms with Crippen LogP contribution in [0.5, 0.6) is 5.75 Å². The van der Waals surface area contributed by atoms with E-state index in [4.69, 9.17) is 10.1 Å². The molecule has 2 N–H and O–H groups in total. The zero-order valence-corrected chi connectivity index (χ0v) is 23.0. The Morgan fingerprint density at radius 1 is 1.13 bits per heavy atom. The van der Waals surface area contributed by atoms with Crippen LogP contribution in [-0.2, 0) is 10.0 Å². The minimum Gasteiger partial charge on any atom is -0.463 e. The van der Waals surface area contributed by atoms with Crippen molar-refractivity contribution in [1.29, 1.82) is 5.26 Å². The van der Waals surface area contributed by atoms with Crippen molar-refractivity contribution in [2.75, 3.05) is 26.7 Å². The number of nitriles is 1. The molecule has 3 atom stereocenters. The number of hydrogen-bond donors (Lipinski definition) is 2. The SMILES string of the molecule is Cc1ccc(S(=O)(=O)NC(=O)N(C)C2C3CCC2CN(CC(C)N(Oc2ccc(C#N)cc2)C(=O)O)C3)cc1. The molecule has 0 spiro atoms. The third kappa shape index (κ3) is 6.43. The molecule has 0 aromatic heterocycles. The Morgan fingerprint density at radius 3 is 2.26 bits per heavy atom. The Bertz CT molecular complexity index is 1330. The van der Waals surface area contributed by atoms with Gasteiger partial charge >= 0.3 is 12.1 Å². The van der Waals surface area contributed by atoms with Crippen LogP contribution in [0, 0.1) is 30.1 Å². The van der Waals surface area contributed by atoms with Crippen molar-refractivity contribution in [3.63, 3.8) is 0 Å². The number of rotatable bonds is 8. The Labute approximate surface area is 228 Å². The highest BCUT2D eigenvalue weighted by Gasteiger charge is 2.46. The van der Waals surface area contributed by atoms with Crippen molar-refractivity contribution in [2.24, 2.45) is 11.8 Å². The molecule has 0 radical (unpaired) electrons. The van der Waals surface area contributed by atoms with Crippen molar-refractivity contribution in [2.45, 2.75) is 43.7 Å². The molecule has 11 nitrogen and oxygen atoms in total. The van der Waals surface area contributed by atoms with Crippen molar-refractivity contribution in [3.8, 4) is 11.8 Å². The number of piperidine rings is 1. The quantitative estimate of drug-likeness (QED) is 0.473. The Balaban J connectivity index is 1.36. The van der Waals surface area contributed by atoms with Gasteiger partial charge in [0.25, 0.3) is 10.0 Å². The van der Waals surface area contributed by atoms with Crippen LogP contribution in [0.4, 0.5) is 9.59 Å². The largest absolute Gasteiger partial charge is 0.463 e. The molecule has 4 rings (SSSR count). The Morgan fingerprint density at radius 2 is 1.72 bits per heavy atom. The molecule has 1 aliphatic heterocycles. The van der Waals surface area contributed by atoms with Gasteiger partial charge in [-0.2, -0.15) is 5.26 Å². The molecular formula is C27H33N5O6S. The maximum atomic E-state index is 13.0. The lowest BCUT2D eigenvalue weighted by molar-refractivity contribution is -0.0747. The summed E-state index contributed by atoms with van der Waals surface area (Å²) in [5.41, 5.74) is 1.37. The van der Waals surface area contributed by atoms with Gasteiger partial charge in [-0.05, 0) is 74.9 Å². The number of hydroxylamine groups is 2. The molecule has 2 aliphatic rings. The third-order valence-corrected chi connectivity index (χ3v) is 8.81. The molecule has 2 aromatic carbocycles. The molecule has 1 saturated heterocycles. The average molecular weight is 556 g/mol. The number of nitrogens with zero attached hydrogens (tertiary/aromatic N) is 4. The Hall–Kier alpha value is -3.82. The molecule has 1 heterocycles. The molecule has 1 aliphatic carbocycles. The highest BCUT2D eigenvalue weighted by atomic mass is 32.2. The Kier molecular flexibility index (Phi) is 8.32. The van der Waals surface area contributed by atoms with Crippen molar-refractivity contribution in [3.05, 3.63) is 59.7 Å². The van der Waals surface area contributed by atoms with E-state index in [2.05, 4.69) is 9.62 Å². The number of hydrogen-bond acceptors (Lipinski definition) is 7. The van der Waals surface area contributed by atoms with Crippen molar-refractivity contribution in [1.82, 2.24) is 19.6 Å². The predicted octanol–water partition coefficient (Wildman–Crippen LogP) is 3.27. The molecule has 39 heavy (non-hydrogen) atoms. The fourth-order valence-electron chi connectivity index (χ4n) is 5.64. The molecule has 12 heteroatoms. The number of amides is 3. The molecule has 2 fully saturated rings. The molecule has 1 saturated carbocycles. The lowest BCUT2D eigenvalue weighted by Crippen LogP contribution is -2.57.